The fourth-order valence-electron chi connectivity index (χ4n) is 1.94. The van der Waals surface area contributed by atoms with E-state index in [0.717, 1.165) is 10.0 Å². The molecule has 2 rings (SSSR count). The number of hydrogen-bond donors (Lipinski definition) is 2. The van der Waals surface area contributed by atoms with Gasteiger partial charge in [-0.15, -0.1) is 0 Å². The van der Waals surface area contributed by atoms with E-state index in [9.17, 15) is 5.11 Å². The lowest BCUT2D eigenvalue weighted by molar-refractivity contribution is 0.185. The summed E-state index contributed by atoms with van der Waals surface area (Å²) < 4.78 is 11.9. The molecule has 0 heterocycles. The molecule has 4 nitrogen and oxygen atoms in total. The second-order valence-electron chi connectivity index (χ2n) is 4.55. The average Bonchev–Trinajstić information content (AvgIpc) is 2.53. The van der Waals surface area contributed by atoms with Gasteiger partial charge >= 0.3 is 0 Å². The number of aliphatic hydroxyl groups excluding tert-OH is 1. The first-order valence-electron chi connectivity index (χ1n) is 6.58. The van der Waals surface area contributed by atoms with E-state index in [0.29, 0.717) is 23.7 Å². The molecular formula is C16H18BrNO3. The lowest BCUT2D eigenvalue weighted by Gasteiger charge is -2.16. The lowest BCUT2D eigenvalue weighted by Crippen LogP contribution is -2.12. The molecule has 0 aliphatic carbocycles. The highest BCUT2D eigenvalue weighted by molar-refractivity contribution is 9.10. The van der Waals surface area contributed by atoms with E-state index in [-0.39, 0.29) is 6.54 Å². The van der Waals surface area contributed by atoms with Crippen molar-refractivity contribution in [1.29, 1.82) is 0 Å². The Hall–Kier alpha value is -1.56. The Morgan fingerprint density at radius 3 is 2.52 bits per heavy atom. The molecule has 3 N–H and O–H groups in total. The first-order valence-corrected chi connectivity index (χ1v) is 7.37. The second kappa shape index (κ2) is 7.45. The van der Waals surface area contributed by atoms with Gasteiger partial charge in [0.1, 0.15) is 6.61 Å². The van der Waals surface area contributed by atoms with Crippen LogP contribution in [0.5, 0.6) is 11.5 Å². The first-order chi connectivity index (χ1) is 10.2. The number of nitrogens with two attached hydrogens (primary N) is 1. The summed E-state index contributed by atoms with van der Waals surface area (Å²) in [4.78, 5) is 0. The fraction of sp³-hybridized carbons (Fsp3) is 0.250. The fourth-order valence-corrected chi connectivity index (χ4v) is 2.53. The molecule has 21 heavy (non-hydrogen) atoms. The van der Waals surface area contributed by atoms with Gasteiger partial charge in [0.05, 0.1) is 13.2 Å². The molecule has 0 radical (unpaired) electrons. The Labute approximate surface area is 132 Å². The number of benzene rings is 2. The molecule has 0 spiro atoms. The van der Waals surface area contributed by atoms with Crippen LogP contribution in [0.3, 0.4) is 0 Å². The predicted octanol–water partition coefficient (Wildman–Crippen LogP) is 3.03. The van der Waals surface area contributed by atoms with Crippen molar-refractivity contribution in [3.05, 3.63) is 58.1 Å². The smallest absolute Gasteiger partial charge is 0.162 e. The summed E-state index contributed by atoms with van der Waals surface area (Å²) in [6.45, 7) is 0.592. The van der Waals surface area contributed by atoms with Crippen LogP contribution in [0.15, 0.2) is 46.9 Å². The molecule has 0 fully saturated rings. The highest BCUT2D eigenvalue weighted by atomic mass is 79.9. The van der Waals surface area contributed by atoms with Crippen molar-refractivity contribution in [2.45, 2.75) is 12.7 Å². The van der Waals surface area contributed by atoms with Crippen LogP contribution >= 0.6 is 15.9 Å². The van der Waals surface area contributed by atoms with Gasteiger partial charge in [0.15, 0.2) is 11.5 Å². The molecule has 1 atom stereocenters. The Morgan fingerprint density at radius 1 is 1.19 bits per heavy atom. The van der Waals surface area contributed by atoms with Crippen LogP contribution in [0.1, 0.15) is 17.2 Å². The van der Waals surface area contributed by atoms with E-state index < -0.39 is 6.10 Å². The number of rotatable bonds is 6. The molecule has 1 unspecified atom stereocenters. The largest absolute Gasteiger partial charge is 0.493 e. The van der Waals surface area contributed by atoms with Gasteiger partial charge in [-0.2, -0.15) is 0 Å². The molecule has 0 bridgehead atoms. The summed E-state index contributed by atoms with van der Waals surface area (Å²) in [7, 11) is 1.57. The summed E-state index contributed by atoms with van der Waals surface area (Å²) in [5.74, 6) is 1.18. The molecule has 0 saturated carbocycles. The van der Waals surface area contributed by atoms with E-state index in [1.165, 1.54) is 0 Å². The Morgan fingerprint density at radius 2 is 1.90 bits per heavy atom. The van der Waals surface area contributed by atoms with Crippen molar-refractivity contribution >= 4 is 15.9 Å². The summed E-state index contributed by atoms with van der Waals surface area (Å²) in [5, 5.41) is 9.88. The normalized spacial score (nSPS) is 12.0. The lowest BCUT2D eigenvalue weighted by atomic mass is 10.1. The molecule has 0 aliphatic heterocycles. The van der Waals surface area contributed by atoms with Crippen molar-refractivity contribution in [3.8, 4) is 11.5 Å². The van der Waals surface area contributed by atoms with Crippen molar-refractivity contribution in [2.75, 3.05) is 13.7 Å². The highest BCUT2D eigenvalue weighted by Gasteiger charge is 2.15. The third kappa shape index (κ3) is 3.97. The van der Waals surface area contributed by atoms with Gasteiger partial charge < -0.3 is 20.3 Å². The number of methoxy groups -OCH3 is 1. The number of aliphatic hydroxyl groups is 1. The third-order valence-corrected chi connectivity index (χ3v) is 3.79. The van der Waals surface area contributed by atoms with Crippen LogP contribution in [0.25, 0.3) is 0 Å². The Bertz CT molecular complexity index is 590. The maximum atomic E-state index is 9.88. The molecule has 0 amide bonds. The number of hydrogen-bond acceptors (Lipinski definition) is 4. The van der Waals surface area contributed by atoms with Gasteiger partial charge in [0.25, 0.3) is 0 Å². The van der Waals surface area contributed by atoms with Crippen LogP contribution in [-0.2, 0) is 6.61 Å². The van der Waals surface area contributed by atoms with Gasteiger partial charge in [-0.05, 0) is 23.3 Å². The van der Waals surface area contributed by atoms with Crippen molar-refractivity contribution < 1.29 is 14.6 Å². The van der Waals surface area contributed by atoms with Crippen LogP contribution in [0.4, 0.5) is 0 Å². The SMILES string of the molecule is COc1cc(C(O)CN)c(Br)cc1OCc1ccccc1. The van der Waals surface area contributed by atoms with Crippen molar-refractivity contribution in [3.63, 3.8) is 0 Å². The summed E-state index contributed by atoms with van der Waals surface area (Å²) in [6.07, 6.45) is -0.739. The van der Waals surface area contributed by atoms with E-state index >= 15 is 0 Å². The minimum Gasteiger partial charge on any atom is -0.493 e. The van der Waals surface area contributed by atoms with Crippen LogP contribution < -0.4 is 15.2 Å². The van der Waals surface area contributed by atoms with Crippen molar-refractivity contribution in [1.82, 2.24) is 0 Å². The second-order valence-corrected chi connectivity index (χ2v) is 5.40. The highest BCUT2D eigenvalue weighted by Crippen LogP contribution is 2.36. The molecule has 0 saturated heterocycles. The van der Waals surface area contributed by atoms with Crippen LogP contribution in [0.2, 0.25) is 0 Å². The summed E-state index contributed by atoms with van der Waals surface area (Å²) in [6, 6.07) is 13.4. The summed E-state index contributed by atoms with van der Waals surface area (Å²) >= 11 is 3.43. The van der Waals surface area contributed by atoms with E-state index in [1.54, 1.807) is 19.2 Å². The third-order valence-electron chi connectivity index (χ3n) is 3.10. The first kappa shape index (κ1) is 15.8. The maximum absolute atomic E-state index is 9.88. The van der Waals surface area contributed by atoms with Crippen LogP contribution in [0, 0.1) is 0 Å². The monoisotopic (exact) mass is 351 g/mol. The Kier molecular flexibility index (Phi) is 5.61. The summed E-state index contributed by atoms with van der Waals surface area (Å²) in [5.41, 5.74) is 7.25. The molecule has 2 aromatic carbocycles. The number of ether oxygens (including phenoxy) is 2. The van der Waals surface area contributed by atoms with Gasteiger partial charge in [-0.1, -0.05) is 46.3 Å². The van der Waals surface area contributed by atoms with E-state index in [2.05, 4.69) is 15.9 Å². The quantitative estimate of drug-likeness (QED) is 0.839. The van der Waals surface area contributed by atoms with Gasteiger partial charge in [-0.3, -0.25) is 0 Å². The van der Waals surface area contributed by atoms with E-state index in [4.69, 9.17) is 15.2 Å². The number of halogens is 1. The standard InChI is InChI=1S/C16H18BrNO3/c1-20-15-7-12(14(19)9-18)13(17)8-16(15)21-10-11-5-3-2-4-6-11/h2-8,14,19H,9-10,18H2,1H3. The average molecular weight is 352 g/mol. The molecule has 112 valence electrons. The van der Waals surface area contributed by atoms with Crippen LogP contribution in [-0.4, -0.2) is 18.8 Å². The van der Waals surface area contributed by atoms with Gasteiger partial charge in [0, 0.05) is 11.0 Å². The van der Waals surface area contributed by atoms with Crippen molar-refractivity contribution in [2.24, 2.45) is 5.73 Å². The Balaban J connectivity index is 2.21. The molecular weight excluding hydrogens is 334 g/mol. The topological polar surface area (TPSA) is 64.7 Å². The zero-order valence-electron chi connectivity index (χ0n) is 11.8. The zero-order chi connectivity index (χ0) is 15.2. The molecule has 0 aliphatic rings. The zero-order valence-corrected chi connectivity index (χ0v) is 13.3. The minimum absolute atomic E-state index is 0.145. The molecule has 2 aromatic rings. The molecule has 0 aromatic heterocycles. The molecule has 5 heteroatoms. The minimum atomic E-state index is -0.739. The van der Waals surface area contributed by atoms with E-state index in [1.807, 2.05) is 30.3 Å². The predicted molar refractivity (Wildman–Crippen MR) is 85.5 cm³/mol. The van der Waals surface area contributed by atoms with Gasteiger partial charge in [0.2, 0.25) is 0 Å². The maximum Gasteiger partial charge on any atom is 0.162 e. The van der Waals surface area contributed by atoms with Gasteiger partial charge in [-0.25, -0.2) is 0 Å².